The Kier molecular flexibility index (Phi) is 13.9. The molecule has 10 heteroatoms. The fourth-order valence-corrected chi connectivity index (χ4v) is 6.86. The Hall–Kier alpha value is -3.72. The molecular formula is C42H60ClN3O6. The first-order valence-electron chi connectivity index (χ1n) is 18.6. The number of amides is 4. The summed E-state index contributed by atoms with van der Waals surface area (Å²) in [6, 6.07) is 7.53. The van der Waals surface area contributed by atoms with Crippen molar-refractivity contribution in [3.05, 3.63) is 51.5 Å². The van der Waals surface area contributed by atoms with Crippen LogP contribution in [0.15, 0.2) is 24.3 Å². The number of piperidine rings is 1. The molecule has 0 spiro atoms. The quantitative estimate of drug-likeness (QED) is 0.120. The molecule has 4 amide bonds. The molecule has 2 aromatic carbocycles. The smallest absolute Gasteiger partial charge is 0.256 e. The first-order chi connectivity index (χ1) is 24.0. The molecule has 2 aromatic rings. The van der Waals surface area contributed by atoms with E-state index < -0.39 is 47.0 Å². The summed E-state index contributed by atoms with van der Waals surface area (Å²) in [5, 5.41) is 5.49. The Morgan fingerprint density at radius 1 is 0.942 bits per heavy atom. The number of carbonyl (C=O) groups excluding carboxylic acids is 5. The van der Waals surface area contributed by atoms with E-state index in [1.165, 1.54) is 18.6 Å². The third-order valence-corrected chi connectivity index (χ3v) is 9.17. The van der Waals surface area contributed by atoms with Crippen LogP contribution in [0.5, 0.6) is 5.75 Å². The van der Waals surface area contributed by atoms with Gasteiger partial charge in [-0.05, 0) is 59.8 Å². The highest BCUT2D eigenvalue weighted by molar-refractivity contribution is 6.39. The van der Waals surface area contributed by atoms with E-state index in [2.05, 4.69) is 64.3 Å². The molecule has 1 aliphatic rings. The van der Waals surface area contributed by atoms with E-state index >= 15 is 0 Å². The number of rotatable bonds is 13. The summed E-state index contributed by atoms with van der Waals surface area (Å²) in [5.74, 6) is -2.48. The van der Waals surface area contributed by atoms with Crippen LogP contribution in [0.2, 0.25) is 5.02 Å². The molecule has 2 N–H and O–H groups in total. The summed E-state index contributed by atoms with van der Waals surface area (Å²) in [5.41, 5.74) is 0.790. The van der Waals surface area contributed by atoms with Crippen molar-refractivity contribution in [3.8, 4) is 5.75 Å². The van der Waals surface area contributed by atoms with Gasteiger partial charge in [-0.25, -0.2) is 4.90 Å². The van der Waals surface area contributed by atoms with Gasteiger partial charge in [0.25, 0.3) is 5.91 Å². The molecule has 0 saturated carbocycles. The number of ketones is 1. The molecule has 9 nitrogen and oxygen atoms in total. The highest BCUT2D eigenvalue weighted by atomic mass is 35.5. The van der Waals surface area contributed by atoms with Crippen LogP contribution >= 0.6 is 11.6 Å². The fraction of sp³-hybridized carbons (Fsp3) is 0.595. The van der Waals surface area contributed by atoms with Gasteiger partial charge in [0.15, 0.2) is 12.0 Å². The van der Waals surface area contributed by atoms with Crippen molar-refractivity contribution < 1.29 is 28.7 Å². The van der Waals surface area contributed by atoms with E-state index in [1.807, 2.05) is 19.9 Å². The van der Waals surface area contributed by atoms with Crippen molar-refractivity contribution in [2.45, 2.75) is 141 Å². The van der Waals surface area contributed by atoms with Crippen LogP contribution in [0.1, 0.15) is 153 Å². The average molecular weight is 738 g/mol. The monoisotopic (exact) mass is 737 g/mol. The number of nitrogens with zero attached hydrogens (tertiary/aromatic N) is 1. The Labute approximate surface area is 316 Å². The third-order valence-electron chi connectivity index (χ3n) is 8.78. The van der Waals surface area contributed by atoms with Crippen LogP contribution < -0.4 is 20.3 Å². The maximum Gasteiger partial charge on any atom is 0.256 e. The van der Waals surface area contributed by atoms with Gasteiger partial charge in [0, 0.05) is 31.1 Å². The van der Waals surface area contributed by atoms with E-state index in [-0.39, 0.29) is 44.8 Å². The standard InChI is InChI=1S/C42H60ClN3O6/c1-13-15-27-18-20-33(48)46(39(27)51)36-29(22-30(44-25(3)47)35(43)34(36)37(49)42(10,11)12)38(50)45-32(16-14-2)52-31-19-17-26(23-40(4,5)6)21-28(31)24-41(7,8)9/h17,19,21-22,27,32H,13-16,18,20,23-24H2,1-12H3,(H,44,47)(H,45,50). The second kappa shape index (κ2) is 17.0. The summed E-state index contributed by atoms with van der Waals surface area (Å²) >= 11 is 6.89. The van der Waals surface area contributed by atoms with Crippen LogP contribution in [0, 0.1) is 22.2 Å². The Balaban J connectivity index is 2.25. The summed E-state index contributed by atoms with van der Waals surface area (Å²) in [7, 11) is 0. The van der Waals surface area contributed by atoms with Crippen LogP contribution in [-0.2, 0) is 27.2 Å². The Bertz CT molecular complexity index is 1680. The van der Waals surface area contributed by atoms with Gasteiger partial charge < -0.3 is 15.4 Å². The second-order valence-corrected chi connectivity index (χ2v) is 18.0. The number of ether oxygens (including phenoxy) is 1. The molecule has 286 valence electrons. The van der Waals surface area contributed by atoms with E-state index in [0.29, 0.717) is 37.9 Å². The Morgan fingerprint density at radius 2 is 1.58 bits per heavy atom. The summed E-state index contributed by atoms with van der Waals surface area (Å²) in [6.07, 6.45) is 3.63. The zero-order chi connectivity index (χ0) is 39.3. The van der Waals surface area contributed by atoms with Crippen LogP contribution in [-0.4, -0.2) is 35.6 Å². The van der Waals surface area contributed by atoms with E-state index in [4.69, 9.17) is 16.3 Å². The number of carbonyl (C=O) groups is 5. The highest BCUT2D eigenvalue weighted by Crippen LogP contribution is 2.43. The molecule has 2 unspecified atom stereocenters. The minimum atomic E-state index is -1.03. The zero-order valence-corrected chi connectivity index (χ0v) is 34.2. The van der Waals surface area contributed by atoms with Crippen molar-refractivity contribution in [1.29, 1.82) is 0 Å². The molecule has 0 bridgehead atoms. The van der Waals surface area contributed by atoms with Crippen molar-refractivity contribution >= 4 is 52.4 Å². The number of halogens is 1. The van der Waals surface area contributed by atoms with Gasteiger partial charge in [-0.2, -0.15) is 0 Å². The molecule has 1 fully saturated rings. The zero-order valence-electron chi connectivity index (χ0n) is 33.4. The topological polar surface area (TPSA) is 122 Å². The normalized spacial score (nSPS) is 16.1. The van der Waals surface area contributed by atoms with Crippen molar-refractivity contribution in [2.24, 2.45) is 22.2 Å². The predicted molar refractivity (Wildman–Crippen MR) is 209 cm³/mol. The van der Waals surface area contributed by atoms with Crippen molar-refractivity contribution in [1.82, 2.24) is 5.32 Å². The largest absolute Gasteiger partial charge is 0.470 e. The molecular weight excluding hydrogens is 678 g/mol. The lowest BCUT2D eigenvalue weighted by atomic mass is 9.83. The molecule has 1 heterocycles. The van der Waals surface area contributed by atoms with E-state index in [0.717, 1.165) is 23.3 Å². The predicted octanol–water partition coefficient (Wildman–Crippen LogP) is 9.71. The lowest BCUT2D eigenvalue weighted by Gasteiger charge is -2.34. The molecule has 0 radical (unpaired) electrons. The van der Waals surface area contributed by atoms with Crippen molar-refractivity contribution in [3.63, 3.8) is 0 Å². The van der Waals surface area contributed by atoms with Gasteiger partial charge in [-0.3, -0.25) is 24.0 Å². The maximum absolute atomic E-state index is 14.6. The molecule has 0 aromatic heterocycles. The fourth-order valence-electron chi connectivity index (χ4n) is 6.59. The molecule has 2 atom stereocenters. The first-order valence-corrected chi connectivity index (χ1v) is 19.0. The molecule has 1 saturated heterocycles. The number of nitrogens with one attached hydrogen (secondary N) is 2. The van der Waals surface area contributed by atoms with Crippen LogP contribution in [0.3, 0.4) is 0 Å². The van der Waals surface area contributed by atoms with Crippen LogP contribution in [0.4, 0.5) is 11.4 Å². The molecule has 0 aliphatic carbocycles. The average Bonchev–Trinajstić information content (AvgIpc) is 2.98. The van der Waals surface area contributed by atoms with E-state index in [1.54, 1.807) is 20.8 Å². The lowest BCUT2D eigenvalue weighted by molar-refractivity contribution is -0.132. The van der Waals surface area contributed by atoms with Gasteiger partial charge in [0.05, 0.1) is 27.5 Å². The minimum absolute atomic E-state index is 0.0209. The SMILES string of the molecule is CCCC(NC(=O)c1cc(NC(C)=O)c(Cl)c(C(=O)C(C)(C)C)c1N1C(=O)CCC(CCC)C1=O)Oc1ccc(CC(C)(C)C)cc1CC(C)(C)C. The van der Waals surface area contributed by atoms with E-state index in [9.17, 15) is 24.0 Å². The first kappa shape index (κ1) is 42.7. The van der Waals surface area contributed by atoms with Gasteiger partial charge in [-0.15, -0.1) is 0 Å². The summed E-state index contributed by atoms with van der Waals surface area (Å²) in [6.45, 7) is 23.4. The Morgan fingerprint density at radius 3 is 2.12 bits per heavy atom. The number of anilines is 2. The van der Waals surface area contributed by atoms with Crippen molar-refractivity contribution in [2.75, 3.05) is 10.2 Å². The third kappa shape index (κ3) is 11.1. The van der Waals surface area contributed by atoms with Gasteiger partial charge in [0.1, 0.15) is 5.75 Å². The summed E-state index contributed by atoms with van der Waals surface area (Å²) < 4.78 is 6.59. The molecule has 1 aliphatic heterocycles. The van der Waals surface area contributed by atoms with Crippen LogP contribution in [0.25, 0.3) is 0 Å². The van der Waals surface area contributed by atoms with Gasteiger partial charge in [-0.1, -0.05) is 113 Å². The number of benzene rings is 2. The molecule has 52 heavy (non-hydrogen) atoms. The lowest BCUT2D eigenvalue weighted by Crippen LogP contribution is -2.48. The number of Topliss-reactive ketones (excluding diaryl/α,β-unsaturated/α-hetero) is 1. The number of imide groups is 1. The summed E-state index contributed by atoms with van der Waals surface area (Å²) in [4.78, 5) is 69.9. The second-order valence-electron chi connectivity index (χ2n) is 17.6. The number of hydrogen-bond donors (Lipinski definition) is 2. The molecule has 3 rings (SSSR count). The number of hydrogen-bond acceptors (Lipinski definition) is 6. The van der Waals surface area contributed by atoms with Gasteiger partial charge >= 0.3 is 0 Å². The van der Waals surface area contributed by atoms with Gasteiger partial charge in [0.2, 0.25) is 17.7 Å². The maximum atomic E-state index is 14.6. The highest BCUT2D eigenvalue weighted by Gasteiger charge is 2.42. The minimum Gasteiger partial charge on any atom is -0.470 e.